The largest absolute Gasteiger partial charge is 0.496 e. The SMILES string of the molecule is COc1cc(OC)c(CCNS(=O)(=O)c2ccc(C)cc2)c(OC)c1. The summed E-state index contributed by atoms with van der Waals surface area (Å²) < 4.78 is 43.3. The fraction of sp³-hybridized carbons (Fsp3) is 0.333. The number of hydrogen-bond donors (Lipinski definition) is 1. The van der Waals surface area contributed by atoms with Crippen molar-refractivity contribution in [3.8, 4) is 17.2 Å². The van der Waals surface area contributed by atoms with E-state index in [0.717, 1.165) is 11.1 Å². The third kappa shape index (κ3) is 4.64. The average Bonchev–Trinajstić information content (AvgIpc) is 2.61. The van der Waals surface area contributed by atoms with E-state index in [4.69, 9.17) is 14.2 Å². The van der Waals surface area contributed by atoms with Crippen LogP contribution >= 0.6 is 0 Å². The Kier molecular flexibility index (Phi) is 6.27. The molecule has 0 amide bonds. The highest BCUT2D eigenvalue weighted by Gasteiger charge is 2.16. The molecule has 2 aromatic rings. The number of ether oxygens (including phenoxy) is 3. The fourth-order valence-corrected chi connectivity index (χ4v) is 3.47. The van der Waals surface area contributed by atoms with E-state index in [2.05, 4.69) is 4.72 Å². The number of methoxy groups -OCH3 is 3. The number of benzene rings is 2. The Morgan fingerprint density at radius 1 is 0.920 bits per heavy atom. The molecule has 6 nitrogen and oxygen atoms in total. The van der Waals surface area contributed by atoms with Crippen LogP contribution in [0.5, 0.6) is 17.2 Å². The quantitative estimate of drug-likeness (QED) is 0.778. The molecular weight excluding hydrogens is 342 g/mol. The lowest BCUT2D eigenvalue weighted by Gasteiger charge is -2.15. The normalized spacial score (nSPS) is 11.2. The molecule has 7 heteroatoms. The molecular formula is C18H23NO5S. The monoisotopic (exact) mass is 365 g/mol. The Morgan fingerprint density at radius 2 is 1.48 bits per heavy atom. The third-order valence-corrected chi connectivity index (χ3v) is 5.29. The zero-order valence-corrected chi connectivity index (χ0v) is 15.6. The Bertz CT molecular complexity index is 791. The number of rotatable bonds is 8. The molecule has 25 heavy (non-hydrogen) atoms. The molecule has 0 spiro atoms. The first kappa shape index (κ1) is 19.1. The Labute approximate surface area is 148 Å². The van der Waals surface area contributed by atoms with Crippen LogP contribution in [-0.2, 0) is 16.4 Å². The summed E-state index contributed by atoms with van der Waals surface area (Å²) in [4.78, 5) is 0.242. The lowest BCUT2D eigenvalue weighted by molar-refractivity contribution is 0.368. The first-order valence-electron chi connectivity index (χ1n) is 7.76. The van der Waals surface area contributed by atoms with Crippen LogP contribution < -0.4 is 18.9 Å². The zero-order valence-electron chi connectivity index (χ0n) is 14.8. The summed E-state index contributed by atoms with van der Waals surface area (Å²) in [5.74, 6) is 1.79. The summed E-state index contributed by atoms with van der Waals surface area (Å²) in [5, 5.41) is 0. The van der Waals surface area contributed by atoms with Crippen LogP contribution in [0.3, 0.4) is 0 Å². The maximum Gasteiger partial charge on any atom is 0.240 e. The first-order valence-corrected chi connectivity index (χ1v) is 9.25. The maximum atomic E-state index is 12.3. The second-order valence-electron chi connectivity index (χ2n) is 5.47. The van der Waals surface area contributed by atoms with Crippen molar-refractivity contribution in [2.45, 2.75) is 18.2 Å². The molecule has 0 bridgehead atoms. The van der Waals surface area contributed by atoms with Gasteiger partial charge in [-0.3, -0.25) is 0 Å². The molecule has 0 aliphatic heterocycles. The second kappa shape index (κ2) is 8.22. The average molecular weight is 365 g/mol. The van der Waals surface area contributed by atoms with Crippen molar-refractivity contribution in [2.24, 2.45) is 0 Å². The summed E-state index contributed by atoms with van der Waals surface area (Å²) in [7, 11) is 1.10. The number of hydrogen-bond acceptors (Lipinski definition) is 5. The van der Waals surface area contributed by atoms with E-state index in [1.54, 1.807) is 57.7 Å². The van der Waals surface area contributed by atoms with Gasteiger partial charge in [-0.1, -0.05) is 17.7 Å². The summed E-state index contributed by atoms with van der Waals surface area (Å²) >= 11 is 0. The Balaban J connectivity index is 2.14. The van der Waals surface area contributed by atoms with Crippen LogP contribution in [0.15, 0.2) is 41.3 Å². The minimum Gasteiger partial charge on any atom is -0.496 e. The highest BCUT2D eigenvalue weighted by molar-refractivity contribution is 7.89. The van der Waals surface area contributed by atoms with E-state index in [0.29, 0.717) is 23.7 Å². The molecule has 2 aromatic carbocycles. The van der Waals surface area contributed by atoms with E-state index >= 15 is 0 Å². The number of nitrogens with one attached hydrogen (secondary N) is 1. The van der Waals surface area contributed by atoms with Crippen molar-refractivity contribution >= 4 is 10.0 Å². The standard InChI is InChI=1S/C18H23NO5S/c1-13-5-7-15(8-6-13)25(20,21)19-10-9-16-17(23-3)11-14(22-2)12-18(16)24-4/h5-8,11-12,19H,9-10H2,1-4H3. The highest BCUT2D eigenvalue weighted by atomic mass is 32.2. The molecule has 2 rings (SSSR count). The predicted molar refractivity (Wildman–Crippen MR) is 96.2 cm³/mol. The lowest BCUT2D eigenvalue weighted by atomic mass is 10.1. The molecule has 0 saturated carbocycles. The molecule has 0 fully saturated rings. The summed E-state index contributed by atoms with van der Waals surface area (Å²) in [6, 6.07) is 10.2. The lowest BCUT2D eigenvalue weighted by Crippen LogP contribution is -2.26. The van der Waals surface area contributed by atoms with Gasteiger partial charge in [-0.2, -0.15) is 0 Å². The van der Waals surface area contributed by atoms with Gasteiger partial charge >= 0.3 is 0 Å². The van der Waals surface area contributed by atoms with E-state index < -0.39 is 10.0 Å². The van der Waals surface area contributed by atoms with Crippen molar-refractivity contribution < 1.29 is 22.6 Å². The summed E-state index contributed by atoms with van der Waals surface area (Å²) in [5.41, 5.74) is 1.78. The van der Waals surface area contributed by atoms with E-state index in [9.17, 15) is 8.42 Å². The van der Waals surface area contributed by atoms with Gasteiger partial charge in [0.2, 0.25) is 10.0 Å². The van der Waals surface area contributed by atoms with Gasteiger partial charge in [0, 0.05) is 24.2 Å². The highest BCUT2D eigenvalue weighted by Crippen LogP contribution is 2.34. The Hall–Kier alpha value is -2.25. The van der Waals surface area contributed by atoms with Crippen LogP contribution in [0, 0.1) is 6.92 Å². The van der Waals surface area contributed by atoms with Crippen molar-refractivity contribution in [3.05, 3.63) is 47.5 Å². The van der Waals surface area contributed by atoms with Crippen LogP contribution in [0.2, 0.25) is 0 Å². The van der Waals surface area contributed by atoms with Gasteiger partial charge in [-0.15, -0.1) is 0 Å². The topological polar surface area (TPSA) is 73.9 Å². The van der Waals surface area contributed by atoms with Crippen molar-refractivity contribution in [3.63, 3.8) is 0 Å². The minimum atomic E-state index is -3.56. The summed E-state index contributed by atoms with van der Waals surface area (Å²) in [6.45, 7) is 2.13. The maximum absolute atomic E-state index is 12.3. The van der Waals surface area contributed by atoms with Crippen LogP contribution in [0.25, 0.3) is 0 Å². The first-order chi connectivity index (χ1) is 11.9. The Morgan fingerprint density at radius 3 is 1.96 bits per heavy atom. The molecule has 1 N–H and O–H groups in total. The number of sulfonamides is 1. The fourth-order valence-electron chi connectivity index (χ4n) is 2.44. The molecule has 136 valence electrons. The second-order valence-corrected chi connectivity index (χ2v) is 7.24. The summed E-state index contributed by atoms with van der Waals surface area (Å²) in [6.07, 6.45) is 0.418. The zero-order chi connectivity index (χ0) is 18.4. The van der Waals surface area contributed by atoms with Gasteiger partial charge in [0.15, 0.2) is 0 Å². The van der Waals surface area contributed by atoms with Crippen LogP contribution in [0.1, 0.15) is 11.1 Å². The van der Waals surface area contributed by atoms with E-state index in [-0.39, 0.29) is 11.4 Å². The van der Waals surface area contributed by atoms with Crippen molar-refractivity contribution in [2.75, 3.05) is 27.9 Å². The third-order valence-electron chi connectivity index (χ3n) is 3.82. The minimum absolute atomic E-state index is 0.218. The van der Waals surface area contributed by atoms with Gasteiger partial charge < -0.3 is 14.2 Å². The molecule has 0 atom stereocenters. The van der Waals surface area contributed by atoms with E-state index in [1.807, 2.05) is 6.92 Å². The van der Waals surface area contributed by atoms with E-state index in [1.165, 1.54) is 0 Å². The van der Waals surface area contributed by atoms with Gasteiger partial charge in [-0.05, 0) is 25.5 Å². The molecule has 0 aliphatic carbocycles. The molecule has 0 heterocycles. The predicted octanol–water partition coefficient (Wildman–Crippen LogP) is 2.54. The van der Waals surface area contributed by atoms with Crippen LogP contribution in [0.4, 0.5) is 0 Å². The van der Waals surface area contributed by atoms with Gasteiger partial charge in [0.1, 0.15) is 17.2 Å². The smallest absolute Gasteiger partial charge is 0.240 e. The van der Waals surface area contributed by atoms with Crippen LogP contribution in [-0.4, -0.2) is 36.3 Å². The molecule has 0 unspecified atom stereocenters. The molecule has 0 aromatic heterocycles. The van der Waals surface area contributed by atoms with Gasteiger partial charge in [-0.25, -0.2) is 13.1 Å². The molecule has 0 radical (unpaired) electrons. The number of aryl methyl sites for hydroxylation is 1. The molecule has 0 aliphatic rings. The van der Waals surface area contributed by atoms with Gasteiger partial charge in [0.05, 0.1) is 26.2 Å². The van der Waals surface area contributed by atoms with Gasteiger partial charge in [0.25, 0.3) is 0 Å². The van der Waals surface area contributed by atoms with Crippen molar-refractivity contribution in [1.29, 1.82) is 0 Å². The molecule has 0 saturated heterocycles. The van der Waals surface area contributed by atoms with Crippen molar-refractivity contribution in [1.82, 2.24) is 4.72 Å².